The van der Waals surface area contributed by atoms with Crippen LogP contribution in [0.1, 0.15) is 27.4 Å². The molecule has 2 heterocycles. The van der Waals surface area contributed by atoms with E-state index in [4.69, 9.17) is 41.9 Å². The van der Waals surface area contributed by atoms with Crippen molar-refractivity contribution in [2.75, 3.05) is 14.2 Å². The van der Waals surface area contributed by atoms with E-state index in [0.29, 0.717) is 44.1 Å². The number of carbonyl (C=O) groups excluding carboxylic acids is 1. The predicted molar refractivity (Wildman–Crippen MR) is 107 cm³/mol. The maximum Gasteiger partial charge on any atom is 0.204 e. The molecular weight excluding hydrogens is 419 g/mol. The summed E-state index contributed by atoms with van der Waals surface area (Å²) in [4.78, 5) is 17.0. The first kappa shape index (κ1) is 21.0. The molecule has 0 aliphatic heterocycles. The molecule has 0 saturated carbocycles. The normalized spacial score (nSPS) is 10.7. The summed E-state index contributed by atoms with van der Waals surface area (Å²) in [6, 6.07) is 4.98. The van der Waals surface area contributed by atoms with Crippen LogP contribution < -0.4 is 14.2 Å². The second-order valence-electron chi connectivity index (χ2n) is 6.08. The Kier molecular flexibility index (Phi) is 6.61. The van der Waals surface area contributed by atoms with Gasteiger partial charge in [0.15, 0.2) is 17.3 Å². The summed E-state index contributed by atoms with van der Waals surface area (Å²) in [6.45, 7) is 1.86. The molecular formula is C20H18Cl2N2O5. The summed E-state index contributed by atoms with van der Waals surface area (Å²) >= 11 is 12.3. The number of methoxy groups -OCH3 is 2. The van der Waals surface area contributed by atoms with Crippen LogP contribution in [0.15, 0.2) is 35.1 Å². The molecule has 0 aliphatic carbocycles. The van der Waals surface area contributed by atoms with E-state index in [0.717, 1.165) is 0 Å². The van der Waals surface area contributed by atoms with Crippen LogP contribution in [0.2, 0.25) is 10.0 Å². The van der Waals surface area contributed by atoms with E-state index < -0.39 is 0 Å². The zero-order valence-corrected chi connectivity index (χ0v) is 17.5. The van der Waals surface area contributed by atoms with Crippen LogP contribution in [0.5, 0.6) is 17.2 Å². The number of pyridine rings is 1. The lowest BCUT2D eigenvalue weighted by molar-refractivity contribution is 0.0987. The second-order valence-corrected chi connectivity index (χ2v) is 6.89. The fourth-order valence-corrected chi connectivity index (χ4v) is 3.25. The summed E-state index contributed by atoms with van der Waals surface area (Å²) in [7, 11) is 2.97. The zero-order valence-electron chi connectivity index (χ0n) is 16.0. The Hall–Kier alpha value is -2.77. The van der Waals surface area contributed by atoms with Crippen molar-refractivity contribution >= 4 is 29.0 Å². The third kappa shape index (κ3) is 4.63. The molecule has 0 saturated heterocycles. The van der Waals surface area contributed by atoms with Gasteiger partial charge in [-0.05, 0) is 19.1 Å². The smallest absolute Gasteiger partial charge is 0.204 e. The van der Waals surface area contributed by atoms with Crippen LogP contribution in [0.3, 0.4) is 0 Å². The van der Waals surface area contributed by atoms with Gasteiger partial charge in [-0.15, -0.1) is 0 Å². The highest BCUT2D eigenvalue weighted by atomic mass is 35.5. The van der Waals surface area contributed by atoms with Crippen molar-refractivity contribution in [3.63, 3.8) is 0 Å². The van der Waals surface area contributed by atoms with E-state index in [1.54, 1.807) is 25.1 Å². The topological polar surface area (TPSA) is 83.7 Å². The molecule has 0 bridgehead atoms. The van der Waals surface area contributed by atoms with Crippen molar-refractivity contribution in [3.8, 4) is 17.2 Å². The molecule has 0 aliphatic rings. The van der Waals surface area contributed by atoms with Gasteiger partial charge in [0.1, 0.15) is 18.1 Å². The lowest BCUT2D eigenvalue weighted by atomic mass is 10.0. The first-order chi connectivity index (χ1) is 13.9. The van der Waals surface area contributed by atoms with E-state index >= 15 is 0 Å². The van der Waals surface area contributed by atoms with Gasteiger partial charge in [0.05, 0.1) is 29.8 Å². The molecule has 0 amide bonds. The van der Waals surface area contributed by atoms with Crippen molar-refractivity contribution in [2.45, 2.75) is 20.0 Å². The average molecular weight is 437 g/mol. The van der Waals surface area contributed by atoms with Gasteiger partial charge in [-0.3, -0.25) is 9.78 Å². The maximum atomic E-state index is 13.1. The van der Waals surface area contributed by atoms with Gasteiger partial charge in [-0.25, -0.2) is 0 Å². The van der Waals surface area contributed by atoms with E-state index in [1.807, 2.05) is 0 Å². The monoisotopic (exact) mass is 436 g/mol. The molecule has 0 atom stereocenters. The Morgan fingerprint density at radius 3 is 2.41 bits per heavy atom. The molecule has 152 valence electrons. The molecule has 0 radical (unpaired) electrons. The van der Waals surface area contributed by atoms with Crippen LogP contribution in [0.4, 0.5) is 0 Å². The van der Waals surface area contributed by atoms with Crippen molar-refractivity contribution in [1.82, 2.24) is 10.1 Å². The highest BCUT2D eigenvalue weighted by Gasteiger charge is 2.23. The van der Waals surface area contributed by atoms with Gasteiger partial charge >= 0.3 is 0 Å². The minimum Gasteiger partial charge on any atom is -0.493 e. The molecule has 3 rings (SSSR count). The molecule has 0 spiro atoms. The highest BCUT2D eigenvalue weighted by Crippen LogP contribution is 2.41. The van der Waals surface area contributed by atoms with Gasteiger partial charge in [0.25, 0.3) is 0 Å². The van der Waals surface area contributed by atoms with Crippen molar-refractivity contribution in [3.05, 3.63) is 63.2 Å². The summed E-state index contributed by atoms with van der Waals surface area (Å²) < 4.78 is 21.7. The Balaban J connectivity index is 1.97. The van der Waals surface area contributed by atoms with E-state index in [2.05, 4.69) is 10.1 Å². The summed E-state index contributed by atoms with van der Waals surface area (Å²) in [5.74, 6) is 1.35. The number of hydrogen-bond donors (Lipinski definition) is 0. The molecule has 9 heteroatoms. The number of nitrogens with zero attached hydrogens (tertiary/aromatic N) is 2. The molecule has 2 aromatic heterocycles. The van der Waals surface area contributed by atoms with Crippen LogP contribution in [-0.4, -0.2) is 30.1 Å². The standard InChI is InChI=1S/C20H18Cl2N2O5/c1-11-6-12(24-29-11)10-28-19-13(4-5-18(26-2)20(19)27-3)17(25)7-14-15(21)8-23-9-16(14)22/h4-6,8-9H,7,10H2,1-3H3. The molecule has 7 nitrogen and oxygen atoms in total. The van der Waals surface area contributed by atoms with Crippen molar-refractivity contribution in [2.24, 2.45) is 0 Å². The average Bonchev–Trinajstić information content (AvgIpc) is 3.13. The maximum absolute atomic E-state index is 13.1. The number of hydrogen-bond acceptors (Lipinski definition) is 7. The number of Topliss-reactive ketones (excluding diaryl/α,β-unsaturated/α-hetero) is 1. The van der Waals surface area contributed by atoms with Crippen LogP contribution in [0.25, 0.3) is 0 Å². The van der Waals surface area contributed by atoms with Crippen LogP contribution >= 0.6 is 23.2 Å². The first-order valence-corrected chi connectivity index (χ1v) is 9.31. The number of halogens is 2. The number of ether oxygens (including phenoxy) is 3. The number of aryl methyl sites for hydroxylation is 1. The Bertz CT molecular complexity index is 1020. The fraction of sp³-hybridized carbons (Fsp3) is 0.250. The Labute approximate surface area is 177 Å². The number of benzene rings is 1. The quantitative estimate of drug-likeness (QED) is 0.472. The first-order valence-electron chi connectivity index (χ1n) is 8.55. The number of aromatic nitrogens is 2. The van der Waals surface area contributed by atoms with E-state index in [-0.39, 0.29) is 24.6 Å². The molecule has 0 unspecified atom stereocenters. The fourth-order valence-electron chi connectivity index (χ4n) is 2.76. The molecule has 1 aromatic carbocycles. The lowest BCUT2D eigenvalue weighted by Crippen LogP contribution is -2.10. The van der Waals surface area contributed by atoms with Crippen molar-refractivity contribution in [1.29, 1.82) is 0 Å². The summed E-state index contributed by atoms with van der Waals surface area (Å²) in [5.41, 5.74) is 1.36. The number of carbonyl (C=O) groups is 1. The highest BCUT2D eigenvalue weighted by molar-refractivity contribution is 6.36. The number of rotatable bonds is 8. The van der Waals surface area contributed by atoms with E-state index in [1.165, 1.54) is 26.6 Å². The van der Waals surface area contributed by atoms with E-state index in [9.17, 15) is 4.79 Å². The van der Waals surface area contributed by atoms with Crippen LogP contribution in [-0.2, 0) is 13.0 Å². The number of ketones is 1. The summed E-state index contributed by atoms with van der Waals surface area (Å²) in [6.07, 6.45) is 2.85. The Morgan fingerprint density at radius 1 is 1.10 bits per heavy atom. The van der Waals surface area contributed by atoms with Crippen LogP contribution in [0, 0.1) is 6.92 Å². The third-order valence-electron chi connectivity index (χ3n) is 4.13. The predicted octanol–water partition coefficient (Wildman–Crippen LogP) is 4.71. The van der Waals surface area contributed by atoms with Gasteiger partial charge in [-0.2, -0.15) is 0 Å². The SMILES string of the molecule is COc1ccc(C(=O)Cc2c(Cl)cncc2Cl)c(OCc2cc(C)on2)c1OC. The van der Waals surface area contributed by atoms with Crippen molar-refractivity contribution < 1.29 is 23.5 Å². The largest absolute Gasteiger partial charge is 0.493 e. The lowest BCUT2D eigenvalue weighted by Gasteiger charge is -2.17. The molecule has 0 fully saturated rings. The minimum absolute atomic E-state index is 0.0326. The minimum atomic E-state index is -0.257. The Morgan fingerprint density at radius 2 is 1.83 bits per heavy atom. The molecule has 29 heavy (non-hydrogen) atoms. The van der Waals surface area contributed by atoms with Gasteiger partial charge < -0.3 is 18.7 Å². The zero-order chi connectivity index (χ0) is 21.0. The second kappa shape index (κ2) is 9.15. The third-order valence-corrected chi connectivity index (χ3v) is 4.78. The summed E-state index contributed by atoms with van der Waals surface area (Å²) in [5, 5.41) is 4.52. The molecule has 0 N–H and O–H groups in total. The van der Waals surface area contributed by atoms with Gasteiger partial charge in [0, 0.05) is 30.4 Å². The molecule has 3 aromatic rings. The van der Waals surface area contributed by atoms with Gasteiger partial charge in [-0.1, -0.05) is 28.4 Å². The van der Waals surface area contributed by atoms with Gasteiger partial charge in [0.2, 0.25) is 5.75 Å².